The number of methoxy groups -OCH3 is 2. The predicted octanol–water partition coefficient (Wildman–Crippen LogP) is 3.84. The molecule has 2 aromatic carbocycles. The average Bonchev–Trinajstić information content (AvgIpc) is 2.53. The maximum absolute atomic E-state index is 9.11. The fourth-order valence-corrected chi connectivity index (χ4v) is 2.12. The number of ether oxygens (including phenoxy) is 2. The van der Waals surface area contributed by atoms with Gasteiger partial charge in [-0.2, -0.15) is 5.26 Å². The van der Waals surface area contributed by atoms with Crippen molar-refractivity contribution in [1.82, 2.24) is 0 Å². The molecular weight excluding hydrogens is 288 g/mol. The van der Waals surface area contributed by atoms with Gasteiger partial charge in [0, 0.05) is 11.6 Å². The van der Waals surface area contributed by atoms with Crippen LogP contribution in [0.25, 0.3) is 0 Å². The van der Waals surface area contributed by atoms with Gasteiger partial charge in [0.2, 0.25) is 0 Å². The highest BCUT2D eigenvalue weighted by molar-refractivity contribution is 6.30. The van der Waals surface area contributed by atoms with Crippen molar-refractivity contribution in [3.63, 3.8) is 0 Å². The van der Waals surface area contributed by atoms with E-state index < -0.39 is 0 Å². The standard InChI is InChI=1S/C16H15ClN2O2/c1-20-15-6-3-11(7-16(15)21-2)10-19-14-5-4-13(17)8-12(14)9-18/h3-8,19H,10H2,1-2H3. The lowest BCUT2D eigenvalue weighted by atomic mass is 10.1. The molecule has 0 aromatic heterocycles. The lowest BCUT2D eigenvalue weighted by Gasteiger charge is -2.11. The maximum atomic E-state index is 9.11. The van der Waals surface area contributed by atoms with E-state index in [1.165, 1.54) is 0 Å². The fraction of sp³-hybridized carbons (Fsp3) is 0.188. The number of benzene rings is 2. The largest absolute Gasteiger partial charge is 0.493 e. The summed E-state index contributed by atoms with van der Waals surface area (Å²) < 4.78 is 10.5. The Labute approximate surface area is 128 Å². The van der Waals surface area contributed by atoms with Gasteiger partial charge in [-0.05, 0) is 35.9 Å². The van der Waals surface area contributed by atoms with Crippen molar-refractivity contribution in [3.05, 3.63) is 52.5 Å². The van der Waals surface area contributed by atoms with Gasteiger partial charge in [0.15, 0.2) is 11.5 Å². The zero-order chi connectivity index (χ0) is 15.2. The molecule has 1 N–H and O–H groups in total. The third-order valence-corrected chi connectivity index (χ3v) is 3.27. The molecule has 0 bridgehead atoms. The van der Waals surface area contributed by atoms with Crippen LogP contribution in [0.1, 0.15) is 11.1 Å². The minimum atomic E-state index is 0.517. The van der Waals surface area contributed by atoms with E-state index >= 15 is 0 Å². The average molecular weight is 303 g/mol. The summed E-state index contributed by atoms with van der Waals surface area (Å²) in [4.78, 5) is 0. The fourth-order valence-electron chi connectivity index (χ4n) is 1.95. The topological polar surface area (TPSA) is 54.3 Å². The van der Waals surface area contributed by atoms with Crippen molar-refractivity contribution in [1.29, 1.82) is 5.26 Å². The minimum Gasteiger partial charge on any atom is -0.493 e. The molecule has 4 nitrogen and oxygen atoms in total. The molecule has 108 valence electrons. The molecule has 0 radical (unpaired) electrons. The van der Waals surface area contributed by atoms with Crippen LogP contribution in [0.2, 0.25) is 5.02 Å². The summed E-state index contributed by atoms with van der Waals surface area (Å²) >= 11 is 5.88. The highest BCUT2D eigenvalue weighted by Crippen LogP contribution is 2.28. The van der Waals surface area contributed by atoms with Crippen LogP contribution in [0.5, 0.6) is 11.5 Å². The zero-order valence-electron chi connectivity index (χ0n) is 11.8. The predicted molar refractivity (Wildman–Crippen MR) is 83.0 cm³/mol. The van der Waals surface area contributed by atoms with Crippen molar-refractivity contribution in [3.8, 4) is 17.6 Å². The van der Waals surface area contributed by atoms with E-state index in [0.29, 0.717) is 28.6 Å². The van der Waals surface area contributed by atoms with Crippen molar-refractivity contribution >= 4 is 17.3 Å². The second kappa shape index (κ2) is 6.87. The van der Waals surface area contributed by atoms with Crippen LogP contribution >= 0.6 is 11.6 Å². The summed E-state index contributed by atoms with van der Waals surface area (Å²) in [6.07, 6.45) is 0. The highest BCUT2D eigenvalue weighted by atomic mass is 35.5. The number of hydrogen-bond donors (Lipinski definition) is 1. The Kier molecular flexibility index (Phi) is 4.91. The van der Waals surface area contributed by atoms with E-state index in [0.717, 1.165) is 11.3 Å². The van der Waals surface area contributed by atoms with Gasteiger partial charge in [0.25, 0.3) is 0 Å². The molecule has 0 fully saturated rings. The Hall–Kier alpha value is -2.38. The quantitative estimate of drug-likeness (QED) is 0.911. The normalized spacial score (nSPS) is 9.81. The number of hydrogen-bond acceptors (Lipinski definition) is 4. The lowest BCUT2D eigenvalue weighted by Crippen LogP contribution is -2.02. The molecule has 0 aliphatic rings. The SMILES string of the molecule is COc1ccc(CNc2ccc(Cl)cc2C#N)cc1OC. The van der Waals surface area contributed by atoms with Gasteiger partial charge in [0.1, 0.15) is 6.07 Å². The Bertz CT molecular complexity index is 680. The molecular formula is C16H15ClN2O2. The second-order valence-corrected chi connectivity index (χ2v) is 4.78. The number of halogens is 1. The first-order valence-corrected chi connectivity index (χ1v) is 6.70. The molecule has 0 unspecified atom stereocenters. The van der Waals surface area contributed by atoms with Crippen LogP contribution in [0.4, 0.5) is 5.69 Å². The van der Waals surface area contributed by atoms with Gasteiger partial charge in [-0.15, -0.1) is 0 Å². The monoisotopic (exact) mass is 302 g/mol. The van der Waals surface area contributed by atoms with E-state index in [-0.39, 0.29) is 0 Å². The van der Waals surface area contributed by atoms with Crippen LogP contribution in [0.15, 0.2) is 36.4 Å². The molecule has 21 heavy (non-hydrogen) atoms. The summed E-state index contributed by atoms with van der Waals surface area (Å²) in [7, 11) is 3.20. The first kappa shape index (κ1) is 15.0. The van der Waals surface area contributed by atoms with E-state index in [1.54, 1.807) is 32.4 Å². The Morgan fingerprint density at radius 2 is 1.86 bits per heavy atom. The molecule has 5 heteroatoms. The third kappa shape index (κ3) is 3.59. The molecule has 2 aromatic rings. The Morgan fingerprint density at radius 1 is 1.10 bits per heavy atom. The van der Waals surface area contributed by atoms with E-state index in [2.05, 4.69) is 11.4 Å². The van der Waals surface area contributed by atoms with Crippen molar-refractivity contribution in [2.75, 3.05) is 19.5 Å². The maximum Gasteiger partial charge on any atom is 0.161 e. The minimum absolute atomic E-state index is 0.517. The molecule has 0 aliphatic carbocycles. The molecule has 2 rings (SSSR count). The molecule has 0 amide bonds. The van der Waals surface area contributed by atoms with Gasteiger partial charge in [-0.25, -0.2) is 0 Å². The lowest BCUT2D eigenvalue weighted by molar-refractivity contribution is 0.354. The number of nitriles is 1. The van der Waals surface area contributed by atoms with Gasteiger partial charge in [0.05, 0.1) is 25.5 Å². The summed E-state index contributed by atoms with van der Waals surface area (Å²) in [6.45, 7) is 0.566. The van der Waals surface area contributed by atoms with Crippen LogP contribution in [-0.2, 0) is 6.54 Å². The highest BCUT2D eigenvalue weighted by Gasteiger charge is 2.06. The number of rotatable bonds is 5. The molecule has 0 heterocycles. The Balaban J connectivity index is 2.15. The summed E-state index contributed by atoms with van der Waals surface area (Å²) in [5.41, 5.74) is 2.28. The summed E-state index contributed by atoms with van der Waals surface area (Å²) in [5.74, 6) is 1.36. The van der Waals surface area contributed by atoms with Crippen LogP contribution < -0.4 is 14.8 Å². The number of nitrogens with one attached hydrogen (secondary N) is 1. The van der Waals surface area contributed by atoms with E-state index in [4.69, 9.17) is 26.3 Å². The molecule has 0 atom stereocenters. The van der Waals surface area contributed by atoms with Crippen molar-refractivity contribution < 1.29 is 9.47 Å². The van der Waals surface area contributed by atoms with E-state index in [9.17, 15) is 0 Å². The molecule has 0 spiro atoms. The summed E-state index contributed by atoms with van der Waals surface area (Å²) in [6, 6.07) is 13.0. The first-order chi connectivity index (χ1) is 10.2. The van der Waals surface area contributed by atoms with Gasteiger partial charge in [-0.1, -0.05) is 17.7 Å². The summed E-state index contributed by atoms with van der Waals surface area (Å²) in [5, 5.41) is 12.9. The van der Waals surface area contributed by atoms with E-state index in [1.807, 2.05) is 18.2 Å². The second-order valence-electron chi connectivity index (χ2n) is 4.34. The van der Waals surface area contributed by atoms with Crippen LogP contribution in [0.3, 0.4) is 0 Å². The number of anilines is 1. The smallest absolute Gasteiger partial charge is 0.161 e. The van der Waals surface area contributed by atoms with Crippen LogP contribution in [-0.4, -0.2) is 14.2 Å². The molecule has 0 saturated heterocycles. The molecule has 0 saturated carbocycles. The van der Waals surface area contributed by atoms with Gasteiger partial charge >= 0.3 is 0 Å². The zero-order valence-corrected chi connectivity index (χ0v) is 12.6. The Morgan fingerprint density at radius 3 is 2.52 bits per heavy atom. The van der Waals surface area contributed by atoms with Crippen molar-refractivity contribution in [2.45, 2.75) is 6.54 Å². The van der Waals surface area contributed by atoms with Gasteiger partial charge in [-0.3, -0.25) is 0 Å². The number of nitrogens with zero attached hydrogens (tertiary/aromatic N) is 1. The van der Waals surface area contributed by atoms with Crippen molar-refractivity contribution in [2.24, 2.45) is 0 Å². The third-order valence-electron chi connectivity index (χ3n) is 3.03. The van der Waals surface area contributed by atoms with Gasteiger partial charge < -0.3 is 14.8 Å². The molecule has 0 aliphatic heterocycles. The van der Waals surface area contributed by atoms with Crippen LogP contribution in [0, 0.1) is 11.3 Å². The first-order valence-electron chi connectivity index (χ1n) is 6.32.